The maximum absolute atomic E-state index is 12.4. The summed E-state index contributed by atoms with van der Waals surface area (Å²) >= 11 is 0. The van der Waals surface area contributed by atoms with Gasteiger partial charge in [0.2, 0.25) is 11.8 Å². The highest BCUT2D eigenvalue weighted by atomic mass is 35.5. The van der Waals surface area contributed by atoms with Crippen LogP contribution in [0.3, 0.4) is 0 Å². The van der Waals surface area contributed by atoms with Crippen LogP contribution in [0.1, 0.15) is 50.5 Å². The molecule has 1 aromatic rings. The topological polar surface area (TPSA) is 93.5 Å². The van der Waals surface area contributed by atoms with Crippen LogP contribution in [0.15, 0.2) is 24.3 Å². The summed E-state index contributed by atoms with van der Waals surface area (Å²) in [5.41, 5.74) is 7.84. The fourth-order valence-electron chi connectivity index (χ4n) is 3.96. The zero-order chi connectivity index (χ0) is 19.1. The number of hydrogen-bond donors (Lipinski definition) is 3. The summed E-state index contributed by atoms with van der Waals surface area (Å²) in [5.74, 6) is 0.287. The van der Waals surface area contributed by atoms with Gasteiger partial charge in [-0.3, -0.25) is 9.59 Å². The molecule has 4 N–H and O–H groups in total. The minimum absolute atomic E-state index is 0. The van der Waals surface area contributed by atoms with Gasteiger partial charge in [-0.05, 0) is 49.3 Å². The third kappa shape index (κ3) is 6.47. The number of halogens is 1. The lowest BCUT2D eigenvalue weighted by molar-refractivity contribution is -0.124. The molecule has 1 aliphatic heterocycles. The van der Waals surface area contributed by atoms with Crippen LogP contribution in [0.2, 0.25) is 0 Å². The molecule has 1 aliphatic carbocycles. The fraction of sp³-hybridized carbons (Fsp3) is 0.619. The second kappa shape index (κ2) is 11.4. The van der Waals surface area contributed by atoms with Crippen molar-refractivity contribution in [2.24, 2.45) is 17.6 Å². The van der Waals surface area contributed by atoms with Gasteiger partial charge in [-0.1, -0.05) is 31.4 Å². The Morgan fingerprint density at radius 3 is 2.54 bits per heavy atom. The first-order valence-electron chi connectivity index (χ1n) is 10.1. The molecule has 1 saturated carbocycles. The number of rotatable bonds is 6. The summed E-state index contributed by atoms with van der Waals surface area (Å²) in [6.45, 7) is 1.76. The predicted molar refractivity (Wildman–Crippen MR) is 112 cm³/mol. The van der Waals surface area contributed by atoms with E-state index < -0.39 is 6.04 Å². The van der Waals surface area contributed by atoms with Crippen LogP contribution in [-0.2, 0) is 20.9 Å². The first-order chi connectivity index (χ1) is 13.1. The molecule has 1 aromatic carbocycles. The van der Waals surface area contributed by atoms with E-state index in [4.69, 9.17) is 10.5 Å². The molecule has 7 heteroatoms. The van der Waals surface area contributed by atoms with Crippen molar-refractivity contribution in [1.29, 1.82) is 0 Å². The number of hydrogen-bond acceptors (Lipinski definition) is 4. The predicted octanol–water partition coefficient (Wildman–Crippen LogP) is 3.00. The molecule has 1 unspecified atom stereocenters. The van der Waals surface area contributed by atoms with E-state index in [2.05, 4.69) is 10.6 Å². The van der Waals surface area contributed by atoms with E-state index in [-0.39, 0.29) is 36.1 Å². The Hall–Kier alpha value is -1.63. The molecular weight excluding hydrogens is 378 g/mol. The van der Waals surface area contributed by atoms with Crippen LogP contribution in [0.5, 0.6) is 0 Å². The lowest BCUT2D eigenvalue weighted by Gasteiger charge is -2.26. The fourth-order valence-corrected chi connectivity index (χ4v) is 3.96. The molecule has 156 valence electrons. The van der Waals surface area contributed by atoms with Crippen LogP contribution in [-0.4, -0.2) is 31.1 Å². The van der Waals surface area contributed by atoms with E-state index in [1.807, 2.05) is 24.3 Å². The smallest absolute Gasteiger partial charge is 0.237 e. The van der Waals surface area contributed by atoms with E-state index in [1.165, 1.54) is 6.42 Å². The van der Waals surface area contributed by atoms with Crippen LogP contribution in [0, 0.1) is 11.8 Å². The van der Waals surface area contributed by atoms with E-state index >= 15 is 0 Å². The lowest BCUT2D eigenvalue weighted by atomic mass is 9.88. The first-order valence-corrected chi connectivity index (χ1v) is 10.1. The Morgan fingerprint density at radius 1 is 1.11 bits per heavy atom. The van der Waals surface area contributed by atoms with Crippen molar-refractivity contribution < 1.29 is 14.3 Å². The molecule has 0 radical (unpaired) electrons. The molecule has 28 heavy (non-hydrogen) atoms. The van der Waals surface area contributed by atoms with Crippen molar-refractivity contribution in [3.63, 3.8) is 0 Å². The molecule has 2 amide bonds. The number of nitrogens with one attached hydrogen (secondary N) is 2. The van der Waals surface area contributed by atoms with Gasteiger partial charge in [0.25, 0.3) is 0 Å². The summed E-state index contributed by atoms with van der Waals surface area (Å²) in [4.78, 5) is 24.7. The SMILES string of the molecule is Cl.NC(C(=O)NCc1cccc(NC(=O)C2CCCCC2)c1)C1CCOCC1. The maximum atomic E-state index is 12.4. The summed E-state index contributed by atoms with van der Waals surface area (Å²) in [5, 5.41) is 5.95. The van der Waals surface area contributed by atoms with Gasteiger partial charge >= 0.3 is 0 Å². The third-order valence-corrected chi connectivity index (χ3v) is 5.71. The van der Waals surface area contributed by atoms with Gasteiger partial charge in [-0.2, -0.15) is 0 Å². The number of anilines is 1. The van der Waals surface area contributed by atoms with Crippen molar-refractivity contribution in [1.82, 2.24) is 5.32 Å². The number of nitrogens with two attached hydrogens (primary N) is 1. The van der Waals surface area contributed by atoms with Crippen molar-refractivity contribution in [2.45, 2.75) is 57.5 Å². The quantitative estimate of drug-likeness (QED) is 0.673. The first kappa shape index (κ1) is 22.7. The summed E-state index contributed by atoms with van der Waals surface area (Å²) in [6, 6.07) is 7.15. The molecule has 3 rings (SSSR count). The molecule has 1 heterocycles. The molecule has 0 bridgehead atoms. The average molecular weight is 410 g/mol. The summed E-state index contributed by atoms with van der Waals surface area (Å²) in [7, 11) is 0. The highest BCUT2D eigenvalue weighted by Gasteiger charge is 2.26. The largest absolute Gasteiger partial charge is 0.381 e. The van der Waals surface area contributed by atoms with Crippen molar-refractivity contribution >= 4 is 29.9 Å². The molecule has 2 aliphatic rings. The number of amides is 2. The third-order valence-electron chi connectivity index (χ3n) is 5.71. The van der Waals surface area contributed by atoms with Crippen LogP contribution in [0.4, 0.5) is 5.69 Å². The van der Waals surface area contributed by atoms with Gasteiger partial charge in [0.15, 0.2) is 0 Å². The van der Waals surface area contributed by atoms with Gasteiger partial charge in [0.05, 0.1) is 6.04 Å². The van der Waals surface area contributed by atoms with Crippen molar-refractivity contribution in [3.8, 4) is 0 Å². The standard InChI is InChI=1S/C21H31N3O3.ClH/c22-19(16-9-11-27-12-10-16)21(26)23-14-15-5-4-8-18(13-15)24-20(25)17-6-2-1-3-7-17;/h4-5,8,13,16-17,19H,1-3,6-7,9-12,14,22H2,(H,23,26)(H,24,25);1H. The zero-order valence-electron chi connectivity index (χ0n) is 16.3. The van der Waals surface area contributed by atoms with Crippen molar-refractivity contribution in [2.75, 3.05) is 18.5 Å². The maximum Gasteiger partial charge on any atom is 0.237 e. The van der Waals surface area contributed by atoms with Crippen molar-refractivity contribution in [3.05, 3.63) is 29.8 Å². The van der Waals surface area contributed by atoms with E-state index in [1.54, 1.807) is 0 Å². The van der Waals surface area contributed by atoms with Crippen LogP contribution >= 0.6 is 12.4 Å². The van der Waals surface area contributed by atoms with Gasteiger partial charge in [-0.25, -0.2) is 0 Å². The molecule has 0 spiro atoms. The Bertz CT molecular complexity index is 644. The Kier molecular flexibility index (Phi) is 9.22. The zero-order valence-corrected chi connectivity index (χ0v) is 17.1. The van der Waals surface area contributed by atoms with E-state index in [0.717, 1.165) is 49.8 Å². The Morgan fingerprint density at radius 2 is 1.82 bits per heavy atom. The Balaban J connectivity index is 0.00000280. The molecule has 1 atom stereocenters. The highest BCUT2D eigenvalue weighted by Crippen LogP contribution is 2.25. The van der Waals surface area contributed by atoms with Gasteiger partial charge in [-0.15, -0.1) is 12.4 Å². The van der Waals surface area contributed by atoms with Gasteiger partial charge in [0.1, 0.15) is 0 Å². The van der Waals surface area contributed by atoms with Crippen LogP contribution in [0.25, 0.3) is 0 Å². The van der Waals surface area contributed by atoms with Gasteiger partial charge in [0, 0.05) is 31.4 Å². The molecule has 1 saturated heterocycles. The van der Waals surface area contributed by atoms with Crippen LogP contribution < -0.4 is 16.4 Å². The minimum atomic E-state index is -0.497. The van der Waals surface area contributed by atoms with E-state index in [9.17, 15) is 9.59 Å². The van der Waals surface area contributed by atoms with E-state index in [0.29, 0.717) is 19.8 Å². The summed E-state index contributed by atoms with van der Waals surface area (Å²) < 4.78 is 5.33. The van der Waals surface area contributed by atoms with Gasteiger partial charge < -0.3 is 21.1 Å². The monoisotopic (exact) mass is 409 g/mol. The highest BCUT2D eigenvalue weighted by molar-refractivity contribution is 5.92. The molecule has 6 nitrogen and oxygen atoms in total. The molecular formula is C21H32ClN3O3. The number of carbonyl (C=O) groups is 2. The molecule has 0 aromatic heterocycles. The average Bonchev–Trinajstić information content (AvgIpc) is 2.73. The second-order valence-corrected chi connectivity index (χ2v) is 7.72. The number of carbonyl (C=O) groups excluding carboxylic acids is 2. The molecule has 2 fully saturated rings. The number of ether oxygens (including phenoxy) is 1. The normalized spacial score (nSPS) is 19.3. The summed E-state index contributed by atoms with van der Waals surface area (Å²) in [6.07, 6.45) is 7.12. The number of benzene rings is 1. The lowest BCUT2D eigenvalue weighted by Crippen LogP contribution is -2.46. The Labute approximate surface area is 173 Å². The second-order valence-electron chi connectivity index (χ2n) is 7.72. The minimum Gasteiger partial charge on any atom is -0.381 e.